The third-order valence-electron chi connectivity index (χ3n) is 3.01. The van der Waals surface area contributed by atoms with Crippen LogP contribution in [0.25, 0.3) is 0 Å². The summed E-state index contributed by atoms with van der Waals surface area (Å²) in [6.07, 6.45) is -3.12. The summed E-state index contributed by atoms with van der Waals surface area (Å²) in [4.78, 5) is 0. The van der Waals surface area contributed by atoms with Gasteiger partial charge in [0.2, 0.25) is 0 Å². The maximum atomic E-state index is 13.3. The Morgan fingerprint density at radius 3 is 2.40 bits per heavy atom. The molecule has 112 valence electrons. The maximum absolute atomic E-state index is 13.3. The lowest BCUT2D eigenvalue weighted by molar-refractivity contribution is -0.282. The lowest BCUT2D eigenvalue weighted by Gasteiger charge is -2.35. The van der Waals surface area contributed by atoms with Crippen molar-refractivity contribution in [3.8, 4) is 0 Å². The van der Waals surface area contributed by atoms with E-state index in [1.807, 2.05) is 0 Å². The summed E-state index contributed by atoms with van der Waals surface area (Å²) in [6, 6.07) is 8.71. The first-order valence-corrected chi connectivity index (χ1v) is 6.24. The number of hydrogen-bond donors (Lipinski definition) is 2. The molecule has 0 radical (unpaired) electrons. The molecule has 6 heteroatoms. The minimum absolute atomic E-state index is 0.126. The number of nitrogens with two attached hydrogens (primary N) is 1. The zero-order valence-corrected chi connectivity index (χ0v) is 11.1. The molecule has 1 aromatic rings. The van der Waals surface area contributed by atoms with E-state index in [9.17, 15) is 13.2 Å². The summed E-state index contributed by atoms with van der Waals surface area (Å²) in [5.74, 6) is 5.10. The van der Waals surface area contributed by atoms with Crippen LogP contribution in [0.3, 0.4) is 0 Å². The first-order chi connectivity index (χ1) is 9.45. The Bertz CT molecular complexity index is 409. The van der Waals surface area contributed by atoms with Crippen LogP contribution in [0.5, 0.6) is 0 Å². The molecule has 0 aliphatic rings. The fourth-order valence-corrected chi connectivity index (χ4v) is 1.83. The van der Waals surface area contributed by atoms with Gasteiger partial charge in [-0.3, -0.25) is 11.3 Å². The molecule has 1 unspecified atom stereocenters. The molecule has 1 atom stereocenters. The molecule has 3 nitrogen and oxygen atoms in total. The van der Waals surface area contributed by atoms with Gasteiger partial charge in [-0.05, 0) is 18.4 Å². The van der Waals surface area contributed by atoms with Crippen LogP contribution in [0.1, 0.15) is 18.4 Å². The Kier molecular flexibility index (Phi) is 6.19. The van der Waals surface area contributed by atoms with E-state index in [1.165, 1.54) is 6.08 Å². The smallest absolute Gasteiger partial charge is 0.359 e. The summed E-state index contributed by atoms with van der Waals surface area (Å²) in [7, 11) is 0. The molecule has 0 aliphatic heterocycles. The molecule has 0 heterocycles. The van der Waals surface area contributed by atoms with Crippen LogP contribution in [0.15, 0.2) is 43.0 Å². The average molecular weight is 288 g/mol. The minimum Gasteiger partial charge on any atom is -0.359 e. The van der Waals surface area contributed by atoms with Crippen molar-refractivity contribution in [2.45, 2.75) is 31.2 Å². The van der Waals surface area contributed by atoms with Crippen molar-refractivity contribution in [1.82, 2.24) is 5.43 Å². The van der Waals surface area contributed by atoms with Gasteiger partial charge in [-0.15, -0.1) is 6.58 Å². The zero-order chi connectivity index (χ0) is 15.1. The van der Waals surface area contributed by atoms with Gasteiger partial charge in [-0.2, -0.15) is 13.2 Å². The quantitative estimate of drug-likeness (QED) is 0.439. The second kappa shape index (κ2) is 7.42. The topological polar surface area (TPSA) is 47.3 Å². The molecule has 1 rings (SSSR count). The van der Waals surface area contributed by atoms with Crippen molar-refractivity contribution in [3.05, 3.63) is 48.6 Å². The Balaban J connectivity index is 2.87. The largest absolute Gasteiger partial charge is 0.418 e. The average Bonchev–Trinajstić information content (AvgIpc) is 2.42. The summed E-state index contributed by atoms with van der Waals surface area (Å²) in [5.41, 5.74) is 0.445. The number of alkyl halides is 3. The van der Waals surface area contributed by atoms with Gasteiger partial charge in [0, 0.05) is 6.54 Å². The highest BCUT2D eigenvalue weighted by Crippen LogP contribution is 2.37. The normalized spacial score (nSPS) is 14.8. The van der Waals surface area contributed by atoms with E-state index in [0.29, 0.717) is 5.56 Å². The fourth-order valence-electron chi connectivity index (χ4n) is 1.83. The number of nitrogens with one attached hydrogen (secondary N) is 1. The van der Waals surface area contributed by atoms with Crippen molar-refractivity contribution in [3.63, 3.8) is 0 Å². The lowest BCUT2D eigenvalue weighted by atomic mass is 9.96. The predicted octanol–water partition coefficient (Wildman–Crippen LogP) is 2.93. The van der Waals surface area contributed by atoms with E-state index in [-0.39, 0.29) is 19.4 Å². The van der Waals surface area contributed by atoms with Crippen LogP contribution < -0.4 is 11.3 Å². The van der Waals surface area contributed by atoms with Crippen molar-refractivity contribution >= 4 is 0 Å². The molecule has 0 bridgehead atoms. The Morgan fingerprint density at radius 1 is 1.25 bits per heavy atom. The maximum Gasteiger partial charge on any atom is 0.418 e. The van der Waals surface area contributed by atoms with Gasteiger partial charge in [0.15, 0.2) is 5.60 Å². The summed E-state index contributed by atoms with van der Waals surface area (Å²) >= 11 is 0. The zero-order valence-electron chi connectivity index (χ0n) is 11.1. The molecule has 3 N–H and O–H groups in total. The van der Waals surface area contributed by atoms with Crippen LogP contribution in [-0.4, -0.2) is 18.3 Å². The van der Waals surface area contributed by atoms with Gasteiger partial charge in [0.25, 0.3) is 0 Å². The van der Waals surface area contributed by atoms with Gasteiger partial charge in [0.1, 0.15) is 0 Å². The summed E-state index contributed by atoms with van der Waals surface area (Å²) in [5, 5.41) is 0. The molecule has 0 fully saturated rings. The van der Waals surface area contributed by atoms with Crippen LogP contribution in [0.4, 0.5) is 13.2 Å². The molecule has 0 aliphatic carbocycles. The van der Waals surface area contributed by atoms with E-state index in [2.05, 4.69) is 12.0 Å². The van der Waals surface area contributed by atoms with Crippen molar-refractivity contribution in [2.24, 2.45) is 5.84 Å². The standard InChI is InChI=1S/C14H19F3N2O/c1-2-3-9-13(11-19-18,14(15,16)17)20-10-12-7-5-4-6-8-12/h2,4-8,19H,1,3,9-11,18H2. The number of ether oxygens (including phenoxy) is 1. The molecule has 20 heavy (non-hydrogen) atoms. The van der Waals surface area contributed by atoms with Crippen LogP contribution in [0, 0.1) is 0 Å². The van der Waals surface area contributed by atoms with E-state index >= 15 is 0 Å². The number of halogens is 3. The van der Waals surface area contributed by atoms with E-state index in [0.717, 1.165) is 0 Å². The number of allylic oxidation sites excluding steroid dienone is 1. The molecule has 0 saturated carbocycles. The third kappa shape index (κ3) is 4.33. The SMILES string of the molecule is C=CCCC(CNN)(OCc1ccccc1)C(F)(F)F. The second-order valence-electron chi connectivity index (χ2n) is 4.47. The van der Waals surface area contributed by atoms with Gasteiger partial charge in [0.05, 0.1) is 6.61 Å². The Hall–Kier alpha value is -1.37. The molecule has 0 aromatic heterocycles. The minimum atomic E-state index is -4.52. The fraction of sp³-hybridized carbons (Fsp3) is 0.429. The highest BCUT2D eigenvalue weighted by atomic mass is 19.4. The second-order valence-corrected chi connectivity index (χ2v) is 4.47. The predicted molar refractivity (Wildman–Crippen MR) is 71.6 cm³/mol. The molecule has 1 aromatic carbocycles. The van der Waals surface area contributed by atoms with E-state index < -0.39 is 18.3 Å². The van der Waals surface area contributed by atoms with Gasteiger partial charge in [-0.1, -0.05) is 36.4 Å². The summed E-state index contributed by atoms with van der Waals surface area (Å²) < 4.78 is 45.2. The molecule has 0 saturated heterocycles. The van der Waals surface area contributed by atoms with Crippen molar-refractivity contribution in [1.29, 1.82) is 0 Å². The highest BCUT2D eigenvalue weighted by molar-refractivity contribution is 5.13. The Morgan fingerprint density at radius 2 is 1.90 bits per heavy atom. The highest BCUT2D eigenvalue weighted by Gasteiger charge is 2.55. The number of hydrogen-bond acceptors (Lipinski definition) is 3. The Labute approximate surface area is 116 Å². The summed E-state index contributed by atoms with van der Waals surface area (Å²) in [6.45, 7) is 2.82. The van der Waals surface area contributed by atoms with Gasteiger partial charge >= 0.3 is 6.18 Å². The van der Waals surface area contributed by atoms with Crippen molar-refractivity contribution in [2.75, 3.05) is 6.54 Å². The van der Waals surface area contributed by atoms with Crippen LogP contribution in [0.2, 0.25) is 0 Å². The van der Waals surface area contributed by atoms with Crippen LogP contribution in [-0.2, 0) is 11.3 Å². The van der Waals surface area contributed by atoms with E-state index in [4.69, 9.17) is 10.6 Å². The molecular formula is C14H19F3N2O. The monoisotopic (exact) mass is 288 g/mol. The number of benzene rings is 1. The lowest BCUT2D eigenvalue weighted by Crippen LogP contribution is -2.55. The van der Waals surface area contributed by atoms with Gasteiger partial charge < -0.3 is 4.74 Å². The molecule has 0 amide bonds. The van der Waals surface area contributed by atoms with E-state index in [1.54, 1.807) is 30.3 Å². The van der Waals surface area contributed by atoms with Crippen molar-refractivity contribution < 1.29 is 17.9 Å². The van der Waals surface area contributed by atoms with Gasteiger partial charge in [-0.25, -0.2) is 0 Å². The number of hydrazine groups is 1. The first-order valence-electron chi connectivity index (χ1n) is 6.24. The third-order valence-corrected chi connectivity index (χ3v) is 3.01. The molecule has 0 spiro atoms. The number of rotatable bonds is 8. The first kappa shape index (κ1) is 16.7. The van der Waals surface area contributed by atoms with Crippen LogP contribution >= 0.6 is 0 Å². The molecular weight excluding hydrogens is 269 g/mol.